The molecule has 25 heavy (non-hydrogen) atoms. The van der Waals surface area contributed by atoms with Crippen molar-refractivity contribution in [3.05, 3.63) is 33.7 Å². The third-order valence-electron chi connectivity index (χ3n) is 5.56. The predicted octanol–water partition coefficient (Wildman–Crippen LogP) is 1.80. The van der Waals surface area contributed by atoms with Crippen molar-refractivity contribution in [2.24, 2.45) is 5.41 Å². The maximum atomic E-state index is 13.0. The van der Waals surface area contributed by atoms with E-state index in [1.807, 2.05) is 25.7 Å². The summed E-state index contributed by atoms with van der Waals surface area (Å²) in [6.45, 7) is 7.85. The molecule has 2 aliphatic rings. The molecule has 6 heteroatoms. The zero-order chi connectivity index (χ0) is 18.2. The van der Waals surface area contributed by atoms with Crippen molar-refractivity contribution in [2.45, 2.75) is 52.5 Å². The standard InChI is InChI=1S/C19H27N3O3/c1-4-15-10-14(11-16(23)20-15)17(24)21-9-7-19(12-21)6-5-8-22(13(2)3)18(19)25/h10-11,13H,4-9,12H2,1-3H3,(H,20,23). The van der Waals surface area contributed by atoms with E-state index < -0.39 is 5.41 Å². The van der Waals surface area contributed by atoms with E-state index in [9.17, 15) is 14.4 Å². The van der Waals surface area contributed by atoms with Crippen molar-refractivity contribution in [3.8, 4) is 0 Å². The van der Waals surface area contributed by atoms with Gasteiger partial charge in [-0.05, 0) is 45.6 Å². The van der Waals surface area contributed by atoms with Crippen molar-refractivity contribution < 1.29 is 9.59 Å². The number of carbonyl (C=O) groups is 2. The topological polar surface area (TPSA) is 73.5 Å². The van der Waals surface area contributed by atoms with E-state index in [2.05, 4.69) is 4.98 Å². The molecule has 0 aromatic carbocycles. The molecular formula is C19H27N3O3. The van der Waals surface area contributed by atoms with E-state index in [0.29, 0.717) is 31.5 Å². The summed E-state index contributed by atoms with van der Waals surface area (Å²) in [5.74, 6) is 0.0383. The van der Waals surface area contributed by atoms with Gasteiger partial charge in [-0.25, -0.2) is 0 Å². The fourth-order valence-corrected chi connectivity index (χ4v) is 4.12. The number of carbonyl (C=O) groups excluding carboxylic acids is 2. The van der Waals surface area contributed by atoms with Crippen LogP contribution in [0.4, 0.5) is 0 Å². The number of nitrogens with zero attached hydrogens (tertiary/aromatic N) is 2. The number of hydrogen-bond acceptors (Lipinski definition) is 3. The molecule has 3 heterocycles. The van der Waals surface area contributed by atoms with E-state index in [0.717, 1.165) is 25.1 Å². The van der Waals surface area contributed by atoms with Crippen LogP contribution >= 0.6 is 0 Å². The summed E-state index contributed by atoms with van der Waals surface area (Å²) in [6.07, 6.45) is 3.21. The van der Waals surface area contributed by atoms with Gasteiger partial charge >= 0.3 is 0 Å². The highest BCUT2D eigenvalue weighted by atomic mass is 16.2. The van der Waals surface area contributed by atoms with E-state index in [4.69, 9.17) is 0 Å². The third kappa shape index (κ3) is 3.22. The summed E-state index contributed by atoms with van der Waals surface area (Å²) in [5, 5.41) is 0. The lowest BCUT2D eigenvalue weighted by Gasteiger charge is -2.41. The van der Waals surface area contributed by atoms with Crippen LogP contribution in [0.1, 0.15) is 56.1 Å². The molecule has 0 aliphatic carbocycles. The number of piperidine rings is 1. The Morgan fingerprint density at radius 3 is 2.68 bits per heavy atom. The second kappa shape index (κ2) is 6.65. The molecule has 1 spiro atoms. The summed E-state index contributed by atoms with van der Waals surface area (Å²) in [6, 6.07) is 3.29. The number of pyridine rings is 1. The van der Waals surface area contributed by atoms with Gasteiger partial charge in [-0.3, -0.25) is 14.4 Å². The molecule has 1 aromatic heterocycles. The van der Waals surface area contributed by atoms with Crippen LogP contribution < -0.4 is 5.56 Å². The molecule has 1 aromatic rings. The van der Waals surface area contributed by atoms with Crippen LogP contribution in [0.5, 0.6) is 0 Å². The maximum absolute atomic E-state index is 13.0. The van der Waals surface area contributed by atoms with Gasteiger partial charge in [0.25, 0.3) is 5.91 Å². The van der Waals surface area contributed by atoms with Crippen LogP contribution in [-0.4, -0.2) is 52.3 Å². The fourth-order valence-electron chi connectivity index (χ4n) is 4.12. The van der Waals surface area contributed by atoms with Crippen LogP contribution in [0.3, 0.4) is 0 Å². The van der Waals surface area contributed by atoms with Crippen molar-refractivity contribution in [1.29, 1.82) is 0 Å². The fraction of sp³-hybridized carbons (Fsp3) is 0.632. The van der Waals surface area contributed by atoms with Gasteiger partial charge in [-0.2, -0.15) is 0 Å². The molecule has 1 atom stereocenters. The Kier molecular flexibility index (Phi) is 4.71. The average Bonchev–Trinajstić information content (AvgIpc) is 3.01. The number of H-pyrrole nitrogens is 1. The monoisotopic (exact) mass is 345 g/mol. The molecule has 3 rings (SSSR count). The van der Waals surface area contributed by atoms with Gasteiger partial charge in [0.1, 0.15) is 0 Å². The Morgan fingerprint density at radius 1 is 1.24 bits per heavy atom. The minimum Gasteiger partial charge on any atom is -0.340 e. The zero-order valence-corrected chi connectivity index (χ0v) is 15.3. The Hall–Kier alpha value is -2.11. The molecule has 0 saturated carbocycles. The number of rotatable bonds is 3. The lowest BCUT2D eigenvalue weighted by molar-refractivity contribution is -0.147. The first-order valence-electron chi connectivity index (χ1n) is 9.20. The van der Waals surface area contributed by atoms with Crippen LogP contribution in [0.2, 0.25) is 0 Å². The second-order valence-electron chi connectivity index (χ2n) is 7.56. The molecule has 2 fully saturated rings. The van der Waals surface area contributed by atoms with Crippen molar-refractivity contribution >= 4 is 11.8 Å². The Morgan fingerprint density at radius 2 is 2.00 bits per heavy atom. The number of aromatic amines is 1. The van der Waals surface area contributed by atoms with Gasteiger partial charge < -0.3 is 14.8 Å². The van der Waals surface area contributed by atoms with Crippen molar-refractivity contribution in [3.63, 3.8) is 0 Å². The molecule has 6 nitrogen and oxygen atoms in total. The number of aromatic nitrogens is 1. The number of nitrogens with one attached hydrogen (secondary N) is 1. The minimum atomic E-state index is -0.438. The van der Waals surface area contributed by atoms with Crippen LogP contribution in [0.15, 0.2) is 16.9 Å². The van der Waals surface area contributed by atoms with E-state index >= 15 is 0 Å². The summed E-state index contributed by atoms with van der Waals surface area (Å²) in [7, 11) is 0. The molecule has 1 unspecified atom stereocenters. The van der Waals surface area contributed by atoms with Crippen LogP contribution in [-0.2, 0) is 11.2 Å². The minimum absolute atomic E-state index is 0.146. The first-order valence-corrected chi connectivity index (χ1v) is 9.20. The molecule has 2 saturated heterocycles. The molecule has 0 bridgehead atoms. The number of likely N-dealkylation sites (tertiary alicyclic amines) is 2. The van der Waals surface area contributed by atoms with E-state index in [-0.39, 0.29) is 23.4 Å². The molecule has 1 N–H and O–H groups in total. The van der Waals surface area contributed by atoms with Gasteiger partial charge in [0.15, 0.2) is 0 Å². The smallest absolute Gasteiger partial charge is 0.254 e. The summed E-state index contributed by atoms with van der Waals surface area (Å²) in [5.41, 5.74) is 0.481. The lowest BCUT2D eigenvalue weighted by atomic mass is 9.78. The van der Waals surface area contributed by atoms with Gasteiger partial charge in [0.05, 0.1) is 5.41 Å². The van der Waals surface area contributed by atoms with Gasteiger partial charge in [-0.15, -0.1) is 0 Å². The quantitative estimate of drug-likeness (QED) is 0.908. The highest BCUT2D eigenvalue weighted by Gasteiger charge is 2.49. The third-order valence-corrected chi connectivity index (χ3v) is 5.56. The maximum Gasteiger partial charge on any atom is 0.254 e. The Labute approximate surface area is 148 Å². The predicted molar refractivity (Wildman–Crippen MR) is 95.5 cm³/mol. The number of hydrogen-bond donors (Lipinski definition) is 1. The van der Waals surface area contributed by atoms with Gasteiger partial charge in [0, 0.05) is 43.0 Å². The van der Waals surface area contributed by atoms with E-state index in [1.165, 1.54) is 6.07 Å². The number of aryl methyl sites for hydroxylation is 1. The highest BCUT2D eigenvalue weighted by Crippen LogP contribution is 2.41. The molecule has 136 valence electrons. The Bertz CT molecular complexity index is 740. The van der Waals surface area contributed by atoms with Crippen molar-refractivity contribution in [1.82, 2.24) is 14.8 Å². The summed E-state index contributed by atoms with van der Waals surface area (Å²) >= 11 is 0. The number of amides is 2. The van der Waals surface area contributed by atoms with Crippen LogP contribution in [0, 0.1) is 5.41 Å². The molecule has 2 aliphatic heterocycles. The largest absolute Gasteiger partial charge is 0.340 e. The lowest BCUT2D eigenvalue weighted by Crippen LogP contribution is -2.52. The molecule has 0 radical (unpaired) electrons. The zero-order valence-electron chi connectivity index (χ0n) is 15.3. The second-order valence-corrected chi connectivity index (χ2v) is 7.56. The first-order chi connectivity index (χ1) is 11.9. The molecular weight excluding hydrogens is 318 g/mol. The van der Waals surface area contributed by atoms with Crippen molar-refractivity contribution in [2.75, 3.05) is 19.6 Å². The summed E-state index contributed by atoms with van der Waals surface area (Å²) in [4.78, 5) is 44.0. The first kappa shape index (κ1) is 17.7. The van der Waals surface area contributed by atoms with Crippen LogP contribution in [0.25, 0.3) is 0 Å². The SMILES string of the molecule is CCc1cc(C(=O)N2CCC3(CCCN(C(C)C)C3=O)C2)cc(=O)[nH]1. The van der Waals surface area contributed by atoms with E-state index in [1.54, 1.807) is 11.0 Å². The molecule has 2 amide bonds. The normalized spacial score (nSPS) is 23.8. The Balaban J connectivity index is 1.80. The van der Waals surface area contributed by atoms with Gasteiger partial charge in [0.2, 0.25) is 11.5 Å². The summed E-state index contributed by atoms with van der Waals surface area (Å²) < 4.78 is 0. The average molecular weight is 345 g/mol. The van der Waals surface area contributed by atoms with Gasteiger partial charge in [-0.1, -0.05) is 6.92 Å². The highest BCUT2D eigenvalue weighted by molar-refractivity contribution is 5.95.